The van der Waals surface area contributed by atoms with Gasteiger partial charge in [-0.2, -0.15) is 4.98 Å². The molecule has 0 aliphatic carbocycles. The Morgan fingerprint density at radius 2 is 1.44 bits per heavy atom. The van der Waals surface area contributed by atoms with Crippen LogP contribution in [0.15, 0.2) is 95.8 Å². The lowest BCUT2D eigenvalue weighted by Crippen LogP contribution is -2.39. The average Bonchev–Trinajstić information content (AvgIpc) is 3.79. The molecule has 11 heteroatoms. The maximum Gasteiger partial charge on any atom is 0.410 e. The predicted octanol–water partition coefficient (Wildman–Crippen LogP) is 6.12. The van der Waals surface area contributed by atoms with Gasteiger partial charge in [0.15, 0.2) is 0 Å². The number of likely N-dealkylation sites (tertiary alicyclic amines) is 1. The van der Waals surface area contributed by atoms with Crippen LogP contribution in [0.5, 0.6) is 11.8 Å². The fourth-order valence-corrected chi connectivity index (χ4v) is 7.30. The number of imidazole rings is 1. The number of amides is 1. The van der Waals surface area contributed by atoms with Gasteiger partial charge in [0.1, 0.15) is 24.5 Å². The number of fused-ring (bicyclic) bond motifs is 2. The molecular formula is C41H48N6O5. The van der Waals surface area contributed by atoms with Crippen molar-refractivity contribution >= 4 is 22.8 Å². The van der Waals surface area contributed by atoms with Crippen molar-refractivity contribution in [2.24, 2.45) is 18.9 Å². The SMILES string of the molecule is CN(CCN1CC2CN(c3cccc4c3n(C)c(=O)n4-c3ccc(OCc4ccccc4)nc3OCc3ccccc3)CC2C1)C(=O)OC(C)(C)C. The van der Waals surface area contributed by atoms with Gasteiger partial charge in [-0.05, 0) is 61.9 Å². The van der Waals surface area contributed by atoms with Crippen molar-refractivity contribution in [2.45, 2.75) is 39.6 Å². The Labute approximate surface area is 304 Å². The van der Waals surface area contributed by atoms with Crippen molar-refractivity contribution in [2.75, 3.05) is 51.2 Å². The number of carbonyl (C=O) groups is 1. The number of hydrogen-bond donors (Lipinski definition) is 0. The summed E-state index contributed by atoms with van der Waals surface area (Å²) >= 11 is 0. The Hall–Kier alpha value is -5.29. The van der Waals surface area contributed by atoms with Gasteiger partial charge in [-0.3, -0.25) is 9.13 Å². The Morgan fingerprint density at radius 1 is 0.808 bits per heavy atom. The number of likely N-dealkylation sites (N-methyl/N-ethyl adjacent to an activating group) is 1. The van der Waals surface area contributed by atoms with Gasteiger partial charge in [0, 0.05) is 59.4 Å². The molecule has 2 unspecified atom stereocenters. The summed E-state index contributed by atoms with van der Waals surface area (Å²) in [5.41, 5.74) is 4.61. The maximum atomic E-state index is 14.1. The number of benzene rings is 3. The van der Waals surface area contributed by atoms with Crippen LogP contribution in [0.2, 0.25) is 0 Å². The molecule has 52 heavy (non-hydrogen) atoms. The Balaban J connectivity index is 1.11. The average molecular weight is 705 g/mol. The summed E-state index contributed by atoms with van der Waals surface area (Å²) in [4.78, 5) is 37.9. The molecule has 11 nitrogen and oxygen atoms in total. The molecule has 2 aliphatic rings. The van der Waals surface area contributed by atoms with E-state index in [-0.39, 0.29) is 11.8 Å². The Kier molecular flexibility index (Phi) is 9.96. The van der Waals surface area contributed by atoms with Crippen LogP contribution in [0.1, 0.15) is 31.9 Å². The minimum Gasteiger partial charge on any atom is -0.473 e. The lowest BCUT2D eigenvalue weighted by molar-refractivity contribution is 0.0286. The molecule has 3 aromatic carbocycles. The van der Waals surface area contributed by atoms with Gasteiger partial charge in [0.05, 0.1) is 16.7 Å². The third-order valence-corrected chi connectivity index (χ3v) is 9.91. The molecule has 272 valence electrons. The number of hydrogen-bond acceptors (Lipinski definition) is 8. The minimum atomic E-state index is -0.510. The first-order valence-electron chi connectivity index (χ1n) is 18.0. The normalized spacial score (nSPS) is 17.4. The molecule has 2 fully saturated rings. The highest BCUT2D eigenvalue weighted by Gasteiger charge is 2.40. The fraction of sp³-hybridized carbons (Fsp3) is 0.390. The van der Waals surface area contributed by atoms with Crippen molar-refractivity contribution in [3.8, 4) is 17.4 Å². The third kappa shape index (κ3) is 7.64. The number of anilines is 1. The molecule has 0 bridgehead atoms. The zero-order valence-corrected chi connectivity index (χ0v) is 30.7. The van der Waals surface area contributed by atoms with Crippen molar-refractivity contribution in [3.05, 3.63) is 113 Å². The maximum absolute atomic E-state index is 14.1. The number of pyridine rings is 1. The number of aryl methyl sites for hydroxylation is 1. The van der Waals surface area contributed by atoms with Gasteiger partial charge < -0.3 is 28.9 Å². The number of nitrogens with zero attached hydrogens (tertiary/aromatic N) is 6. The van der Waals surface area contributed by atoms with Gasteiger partial charge >= 0.3 is 11.8 Å². The molecule has 7 rings (SSSR count). The summed E-state index contributed by atoms with van der Waals surface area (Å²) in [6.07, 6.45) is -0.290. The summed E-state index contributed by atoms with van der Waals surface area (Å²) in [5.74, 6) is 1.75. The molecule has 0 spiro atoms. The molecule has 2 atom stereocenters. The topological polar surface area (TPSA) is 94.3 Å². The second-order valence-electron chi connectivity index (χ2n) is 14.9. The zero-order chi connectivity index (χ0) is 36.4. The summed E-state index contributed by atoms with van der Waals surface area (Å²) in [5, 5.41) is 0. The monoisotopic (exact) mass is 704 g/mol. The predicted molar refractivity (Wildman–Crippen MR) is 202 cm³/mol. The van der Waals surface area contributed by atoms with E-state index in [1.807, 2.05) is 107 Å². The first kappa shape index (κ1) is 35.1. The second-order valence-corrected chi connectivity index (χ2v) is 14.9. The van der Waals surface area contributed by atoms with Crippen LogP contribution in [0, 0.1) is 11.8 Å². The highest BCUT2D eigenvalue weighted by molar-refractivity contribution is 5.91. The van der Waals surface area contributed by atoms with Crippen LogP contribution < -0.4 is 20.1 Å². The number of para-hydroxylation sites is 1. The highest BCUT2D eigenvalue weighted by Crippen LogP contribution is 2.38. The molecule has 2 aromatic heterocycles. The summed E-state index contributed by atoms with van der Waals surface area (Å²) in [6, 6.07) is 29.6. The van der Waals surface area contributed by atoms with E-state index in [1.54, 1.807) is 27.1 Å². The van der Waals surface area contributed by atoms with E-state index in [1.165, 1.54) is 0 Å². The number of carbonyl (C=O) groups excluding carboxylic acids is 1. The summed E-state index contributed by atoms with van der Waals surface area (Å²) in [7, 11) is 3.63. The quantitative estimate of drug-likeness (QED) is 0.163. The lowest BCUT2D eigenvalue weighted by atomic mass is 10.0. The van der Waals surface area contributed by atoms with E-state index in [4.69, 9.17) is 19.2 Å². The highest BCUT2D eigenvalue weighted by atomic mass is 16.6. The number of ether oxygens (including phenoxy) is 3. The largest absolute Gasteiger partial charge is 0.473 e. The standard InChI is InChI=1S/C41H48N6O5/c1-41(2,3)52-40(49)43(4)21-22-45-23-31-25-46(26-32(31)24-45)33-17-12-18-34-37(33)44(5)39(48)47(34)35-19-20-36(50-27-29-13-8-6-9-14-29)42-38(35)51-28-30-15-10-7-11-16-30/h6-20,31-32H,21-28H2,1-5H3. The van der Waals surface area contributed by atoms with Gasteiger partial charge in [0.2, 0.25) is 11.8 Å². The molecule has 0 N–H and O–H groups in total. The van der Waals surface area contributed by atoms with Gasteiger partial charge in [-0.15, -0.1) is 0 Å². The van der Waals surface area contributed by atoms with Gasteiger partial charge in [-0.25, -0.2) is 9.59 Å². The molecular weight excluding hydrogens is 656 g/mol. The van der Waals surface area contributed by atoms with Crippen molar-refractivity contribution in [1.29, 1.82) is 0 Å². The van der Waals surface area contributed by atoms with Crippen LogP contribution in [-0.4, -0.2) is 81.9 Å². The molecule has 0 radical (unpaired) electrons. The molecule has 2 aliphatic heterocycles. The van der Waals surface area contributed by atoms with E-state index in [2.05, 4.69) is 15.9 Å². The third-order valence-electron chi connectivity index (χ3n) is 9.91. The zero-order valence-electron chi connectivity index (χ0n) is 30.7. The Morgan fingerprint density at radius 3 is 2.08 bits per heavy atom. The molecule has 0 saturated carbocycles. The van der Waals surface area contributed by atoms with Crippen LogP contribution >= 0.6 is 0 Å². The summed E-state index contributed by atoms with van der Waals surface area (Å²) in [6.45, 7) is 11.5. The smallest absolute Gasteiger partial charge is 0.410 e. The molecule has 1 amide bonds. The number of aromatic nitrogens is 3. The number of rotatable bonds is 11. The van der Waals surface area contributed by atoms with Crippen molar-refractivity contribution in [1.82, 2.24) is 23.9 Å². The molecule has 5 aromatic rings. The van der Waals surface area contributed by atoms with Crippen LogP contribution in [0.3, 0.4) is 0 Å². The van der Waals surface area contributed by atoms with E-state index < -0.39 is 5.60 Å². The van der Waals surface area contributed by atoms with Crippen LogP contribution in [0.4, 0.5) is 10.5 Å². The minimum absolute atomic E-state index is 0.175. The van der Waals surface area contributed by atoms with Gasteiger partial charge in [0.25, 0.3) is 0 Å². The van der Waals surface area contributed by atoms with Crippen molar-refractivity contribution < 1.29 is 19.0 Å². The fourth-order valence-electron chi connectivity index (χ4n) is 7.30. The van der Waals surface area contributed by atoms with E-state index in [9.17, 15) is 9.59 Å². The first-order valence-corrected chi connectivity index (χ1v) is 18.0. The van der Waals surface area contributed by atoms with Crippen LogP contribution in [0.25, 0.3) is 16.7 Å². The first-order chi connectivity index (χ1) is 25.0. The van der Waals surface area contributed by atoms with E-state index in [0.29, 0.717) is 49.0 Å². The van der Waals surface area contributed by atoms with Crippen molar-refractivity contribution in [3.63, 3.8) is 0 Å². The van der Waals surface area contributed by atoms with Crippen LogP contribution in [-0.2, 0) is 25.0 Å². The van der Waals surface area contributed by atoms with Gasteiger partial charge in [-0.1, -0.05) is 66.7 Å². The van der Waals surface area contributed by atoms with E-state index >= 15 is 0 Å². The second kappa shape index (κ2) is 14.7. The Bertz CT molecular complexity index is 2060. The summed E-state index contributed by atoms with van der Waals surface area (Å²) < 4.78 is 21.4. The molecule has 4 heterocycles. The lowest BCUT2D eigenvalue weighted by Gasteiger charge is -2.27. The molecule has 2 saturated heterocycles. The van der Waals surface area contributed by atoms with E-state index in [0.717, 1.165) is 60.6 Å².